The number of rotatable bonds is 18. The second-order valence-corrected chi connectivity index (χ2v) is 7.49. The molecule has 0 aliphatic rings. The molecule has 0 aliphatic carbocycles. The lowest BCUT2D eigenvalue weighted by Crippen LogP contribution is -2.23. The molecule has 3 N–H and O–H groups in total. The summed E-state index contributed by atoms with van der Waals surface area (Å²) in [7, 11) is 1.40. The highest BCUT2D eigenvalue weighted by Gasteiger charge is 1.94. The van der Waals surface area contributed by atoms with Crippen LogP contribution in [0.2, 0.25) is 6.04 Å². The summed E-state index contributed by atoms with van der Waals surface area (Å²) in [6, 6.07) is 1.50. The average molecular weight is 315 g/mol. The monoisotopic (exact) mass is 314 g/mol. The van der Waals surface area contributed by atoms with Crippen LogP contribution in [-0.2, 0) is 0 Å². The first-order valence-electron chi connectivity index (χ1n) is 9.82. The summed E-state index contributed by atoms with van der Waals surface area (Å²) in [4.78, 5) is 0. The van der Waals surface area contributed by atoms with E-state index in [-0.39, 0.29) is 0 Å². The fourth-order valence-corrected chi connectivity index (χ4v) is 3.35. The molecule has 3 heteroatoms. The van der Waals surface area contributed by atoms with Crippen molar-refractivity contribution in [1.82, 2.24) is 5.32 Å². The van der Waals surface area contributed by atoms with E-state index in [1.54, 1.807) is 0 Å². The van der Waals surface area contributed by atoms with Gasteiger partial charge in [-0.2, -0.15) is 0 Å². The molecule has 0 aromatic rings. The lowest BCUT2D eigenvalue weighted by molar-refractivity contribution is 0.530. The molecule has 0 aromatic heterocycles. The zero-order valence-corrected chi connectivity index (χ0v) is 16.8. The average Bonchev–Trinajstić information content (AvgIpc) is 2.50. The molecule has 0 amide bonds. The van der Waals surface area contributed by atoms with Crippen LogP contribution in [0.4, 0.5) is 0 Å². The van der Waals surface area contributed by atoms with E-state index in [0.717, 1.165) is 19.6 Å². The lowest BCUT2D eigenvalue weighted by Gasteiger charge is -2.04. The quantitative estimate of drug-likeness (QED) is 0.298. The first-order valence-corrected chi connectivity index (χ1v) is 11.2. The van der Waals surface area contributed by atoms with Gasteiger partial charge in [-0.3, -0.25) is 0 Å². The fraction of sp³-hybridized carbons (Fsp3) is 1.00. The Morgan fingerprint density at radius 2 is 0.905 bits per heavy atom. The fourth-order valence-electron chi connectivity index (χ4n) is 2.85. The summed E-state index contributed by atoms with van der Waals surface area (Å²) < 4.78 is 0. The number of nitrogens with two attached hydrogens (primary N) is 1. The number of nitrogens with one attached hydrogen (secondary N) is 1. The Morgan fingerprint density at radius 1 is 0.524 bits per heavy atom. The third-order valence-electron chi connectivity index (χ3n) is 4.28. The maximum Gasteiger partial charge on any atom is 0.00745 e. The van der Waals surface area contributed by atoms with Gasteiger partial charge in [0.1, 0.15) is 0 Å². The van der Waals surface area contributed by atoms with Crippen LogP contribution in [0.5, 0.6) is 0 Å². The van der Waals surface area contributed by atoms with Crippen LogP contribution in [0.15, 0.2) is 0 Å². The second-order valence-electron chi connectivity index (χ2n) is 6.49. The van der Waals surface area contributed by atoms with E-state index in [9.17, 15) is 0 Å². The summed E-state index contributed by atoms with van der Waals surface area (Å²) in [5, 5.41) is 3.36. The Kier molecular flexibility index (Phi) is 20.3. The SMILES string of the molecule is NCCNCCCCCCCCCCCCCCCC[SiH3]. The standard InChI is InChI=1S/C18H42N2Si/c19-15-17-20-16-13-11-9-7-5-3-1-2-4-6-8-10-12-14-18-21/h20H,1-19H2,21H3. The minimum Gasteiger partial charge on any atom is -0.329 e. The maximum absolute atomic E-state index is 5.43. The molecule has 0 saturated heterocycles. The van der Waals surface area contributed by atoms with Crippen molar-refractivity contribution in [2.75, 3.05) is 19.6 Å². The van der Waals surface area contributed by atoms with Gasteiger partial charge < -0.3 is 11.1 Å². The Labute approximate surface area is 137 Å². The molecule has 21 heavy (non-hydrogen) atoms. The van der Waals surface area contributed by atoms with Gasteiger partial charge in [0.25, 0.3) is 0 Å². The molecule has 0 radical (unpaired) electrons. The van der Waals surface area contributed by atoms with Gasteiger partial charge >= 0.3 is 0 Å². The molecule has 0 aliphatic heterocycles. The predicted molar refractivity (Wildman–Crippen MR) is 101 cm³/mol. The molecule has 0 bridgehead atoms. The molecule has 0 spiro atoms. The molecule has 0 saturated carbocycles. The summed E-state index contributed by atoms with van der Waals surface area (Å²) in [6.07, 6.45) is 20.4. The van der Waals surface area contributed by atoms with Crippen molar-refractivity contribution >= 4 is 10.2 Å². The highest BCUT2D eigenvalue weighted by Crippen LogP contribution is 2.13. The highest BCUT2D eigenvalue weighted by atomic mass is 28.1. The van der Waals surface area contributed by atoms with Crippen LogP contribution in [0.3, 0.4) is 0 Å². The van der Waals surface area contributed by atoms with Crippen LogP contribution in [-0.4, -0.2) is 29.9 Å². The molecule has 0 heterocycles. The van der Waals surface area contributed by atoms with Gasteiger partial charge in [0.15, 0.2) is 0 Å². The van der Waals surface area contributed by atoms with Gasteiger partial charge in [-0.15, -0.1) is 0 Å². The van der Waals surface area contributed by atoms with Gasteiger partial charge in [0.05, 0.1) is 0 Å². The van der Waals surface area contributed by atoms with Crippen molar-refractivity contribution in [3.05, 3.63) is 0 Å². The molecule has 0 rings (SSSR count). The predicted octanol–water partition coefficient (Wildman–Crippen LogP) is 3.78. The largest absolute Gasteiger partial charge is 0.329 e. The normalized spacial score (nSPS) is 11.3. The third-order valence-corrected chi connectivity index (χ3v) is 4.99. The van der Waals surface area contributed by atoms with Gasteiger partial charge in [-0.25, -0.2) is 0 Å². The van der Waals surface area contributed by atoms with E-state index < -0.39 is 0 Å². The maximum atomic E-state index is 5.43. The Bertz CT molecular complexity index is 159. The number of hydrogen-bond acceptors (Lipinski definition) is 2. The number of hydrogen-bond donors (Lipinski definition) is 2. The summed E-state index contributed by atoms with van der Waals surface area (Å²) in [5.74, 6) is 0. The molecule has 128 valence electrons. The zero-order valence-electron chi connectivity index (χ0n) is 14.8. The van der Waals surface area contributed by atoms with Crippen molar-refractivity contribution < 1.29 is 0 Å². The van der Waals surface area contributed by atoms with Crippen LogP contribution >= 0.6 is 0 Å². The first-order chi connectivity index (χ1) is 10.4. The van der Waals surface area contributed by atoms with E-state index >= 15 is 0 Å². The van der Waals surface area contributed by atoms with Crippen molar-refractivity contribution in [1.29, 1.82) is 0 Å². The minimum absolute atomic E-state index is 0.764. The Balaban J connectivity index is 2.90. The van der Waals surface area contributed by atoms with E-state index in [0.29, 0.717) is 0 Å². The number of unbranched alkanes of at least 4 members (excludes halogenated alkanes) is 13. The smallest absolute Gasteiger partial charge is 0.00745 e. The van der Waals surface area contributed by atoms with Crippen molar-refractivity contribution in [2.24, 2.45) is 5.73 Å². The molecular weight excluding hydrogens is 272 g/mol. The van der Waals surface area contributed by atoms with Crippen LogP contribution in [0, 0.1) is 0 Å². The zero-order chi connectivity index (χ0) is 15.4. The highest BCUT2D eigenvalue weighted by molar-refractivity contribution is 6.08. The van der Waals surface area contributed by atoms with E-state index in [4.69, 9.17) is 5.73 Å². The molecule has 0 unspecified atom stereocenters. The molecular formula is C18H42N2Si. The summed E-state index contributed by atoms with van der Waals surface area (Å²) in [6.45, 7) is 2.89. The van der Waals surface area contributed by atoms with Crippen molar-refractivity contribution in [3.63, 3.8) is 0 Å². The molecule has 2 nitrogen and oxygen atoms in total. The summed E-state index contributed by atoms with van der Waals surface area (Å²) in [5.41, 5.74) is 5.43. The van der Waals surface area contributed by atoms with Gasteiger partial charge in [-0.1, -0.05) is 89.5 Å². The van der Waals surface area contributed by atoms with E-state index in [1.807, 2.05) is 0 Å². The topological polar surface area (TPSA) is 38.0 Å². The Morgan fingerprint density at radius 3 is 1.29 bits per heavy atom. The molecule has 0 atom stereocenters. The van der Waals surface area contributed by atoms with Gasteiger partial charge in [0.2, 0.25) is 0 Å². The Hall–Kier alpha value is 0.137. The second kappa shape index (κ2) is 20.1. The van der Waals surface area contributed by atoms with Crippen molar-refractivity contribution in [2.45, 2.75) is 95.9 Å². The van der Waals surface area contributed by atoms with Gasteiger partial charge in [0, 0.05) is 23.3 Å². The summed E-state index contributed by atoms with van der Waals surface area (Å²) >= 11 is 0. The van der Waals surface area contributed by atoms with Crippen LogP contribution in [0.1, 0.15) is 89.9 Å². The van der Waals surface area contributed by atoms with Crippen LogP contribution < -0.4 is 11.1 Å². The third kappa shape index (κ3) is 20.1. The van der Waals surface area contributed by atoms with Crippen molar-refractivity contribution in [3.8, 4) is 0 Å². The minimum atomic E-state index is 0.764. The first kappa shape index (κ1) is 21.1. The van der Waals surface area contributed by atoms with Gasteiger partial charge in [-0.05, 0) is 13.0 Å². The molecule has 0 fully saturated rings. The lowest BCUT2D eigenvalue weighted by atomic mass is 10.0. The van der Waals surface area contributed by atoms with E-state index in [1.165, 1.54) is 106 Å². The molecule has 0 aromatic carbocycles. The van der Waals surface area contributed by atoms with E-state index in [2.05, 4.69) is 5.32 Å². The van der Waals surface area contributed by atoms with Crippen LogP contribution in [0.25, 0.3) is 0 Å².